The number of nitrogens with zero attached hydrogens (tertiary/aromatic N) is 1. The van der Waals surface area contributed by atoms with Crippen LogP contribution < -0.4 is 10.5 Å². The molecule has 1 aliphatic heterocycles. The van der Waals surface area contributed by atoms with Crippen molar-refractivity contribution in [3.05, 3.63) is 65.7 Å². The van der Waals surface area contributed by atoms with Gasteiger partial charge >= 0.3 is 0 Å². The Balaban J connectivity index is 1.53. The molecule has 26 heavy (non-hydrogen) atoms. The number of likely N-dealkylation sites (tertiary alicyclic amines) is 1. The van der Waals surface area contributed by atoms with Gasteiger partial charge in [-0.1, -0.05) is 42.5 Å². The van der Waals surface area contributed by atoms with Crippen molar-refractivity contribution in [3.8, 4) is 5.75 Å². The minimum absolute atomic E-state index is 0.0236. The summed E-state index contributed by atoms with van der Waals surface area (Å²) in [6.45, 7) is 2.67. The van der Waals surface area contributed by atoms with Gasteiger partial charge in [0.05, 0.1) is 12.0 Å². The summed E-state index contributed by atoms with van der Waals surface area (Å²) >= 11 is 0. The lowest BCUT2D eigenvalue weighted by Gasteiger charge is -2.38. The molecule has 5 heteroatoms. The molecular weight excluding hydrogens is 328 g/mol. The van der Waals surface area contributed by atoms with Crippen LogP contribution in [0.3, 0.4) is 0 Å². The SMILES string of the molecule is NC(=O)CC1(O)CCCN(Cc2ccc(OCc3ccccc3)cc2)C1. The summed E-state index contributed by atoms with van der Waals surface area (Å²) in [6.07, 6.45) is 1.51. The third-order valence-corrected chi connectivity index (χ3v) is 4.72. The lowest BCUT2D eigenvalue weighted by atomic mass is 9.89. The van der Waals surface area contributed by atoms with E-state index in [0.29, 0.717) is 19.6 Å². The van der Waals surface area contributed by atoms with Crippen LogP contribution in [0.4, 0.5) is 0 Å². The van der Waals surface area contributed by atoms with E-state index in [4.69, 9.17) is 10.5 Å². The summed E-state index contributed by atoms with van der Waals surface area (Å²) in [5, 5.41) is 10.5. The minimum Gasteiger partial charge on any atom is -0.489 e. The molecule has 1 saturated heterocycles. The van der Waals surface area contributed by atoms with Gasteiger partial charge in [0.15, 0.2) is 0 Å². The lowest BCUT2D eigenvalue weighted by molar-refractivity contribution is -0.125. The molecule has 0 spiro atoms. The zero-order valence-electron chi connectivity index (χ0n) is 14.9. The predicted molar refractivity (Wildman–Crippen MR) is 100 cm³/mol. The van der Waals surface area contributed by atoms with Crippen molar-refractivity contribution >= 4 is 5.91 Å². The number of nitrogens with two attached hydrogens (primary N) is 1. The van der Waals surface area contributed by atoms with Gasteiger partial charge in [-0.15, -0.1) is 0 Å². The van der Waals surface area contributed by atoms with E-state index in [2.05, 4.69) is 4.90 Å². The maximum atomic E-state index is 11.2. The fourth-order valence-electron chi connectivity index (χ4n) is 3.50. The molecular formula is C21H26N2O3. The highest BCUT2D eigenvalue weighted by molar-refractivity contribution is 5.75. The topological polar surface area (TPSA) is 75.8 Å². The van der Waals surface area contributed by atoms with E-state index in [-0.39, 0.29) is 6.42 Å². The number of β-amino-alcohol motifs (C(OH)–C–C–N with tert-alkyl or cyclic N) is 1. The van der Waals surface area contributed by atoms with Crippen LogP contribution in [0.1, 0.15) is 30.4 Å². The number of hydrogen-bond acceptors (Lipinski definition) is 4. The molecule has 1 aliphatic rings. The zero-order chi connectivity index (χ0) is 18.4. The smallest absolute Gasteiger partial charge is 0.220 e. The van der Waals surface area contributed by atoms with Crippen molar-refractivity contribution in [1.82, 2.24) is 4.90 Å². The van der Waals surface area contributed by atoms with Gasteiger partial charge < -0.3 is 15.6 Å². The molecule has 2 aromatic rings. The molecule has 0 aliphatic carbocycles. The van der Waals surface area contributed by atoms with Crippen LogP contribution in [-0.4, -0.2) is 34.6 Å². The van der Waals surface area contributed by atoms with Gasteiger partial charge in [0, 0.05) is 13.1 Å². The van der Waals surface area contributed by atoms with E-state index >= 15 is 0 Å². The summed E-state index contributed by atoms with van der Waals surface area (Å²) in [4.78, 5) is 13.3. The Morgan fingerprint density at radius 1 is 1.12 bits per heavy atom. The number of hydrogen-bond donors (Lipinski definition) is 2. The van der Waals surface area contributed by atoms with Crippen molar-refractivity contribution in [3.63, 3.8) is 0 Å². The van der Waals surface area contributed by atoms with Crippen LogP contribution in [0.2, 0.25) is 0 Å². The number of piperidine rings is 1. The van der Waals surface area contributed by atoms with Gasteiger partial charge in [0.25, 0.3) is 0 Å². The Morgan fingerprint density at radius 2 is 1.85 bits per heavy atom. The number of aliphatic hydroxyl groups is 1. The van der Waals surface area contributed by atoms with Crippen molar-refractivity contribution in [1.29, 1.82) is 0 Å². The molecule has 138 valence electrons. The average Bonchev–Trinajstić information content (AvgIpc) is 2.61. The highest BCUT2D eigenvalue weighted by atomic mass is 16.5. The molecule has 1 amide bonds. The second-order valence-corrected chi connectivity index (χ2v) is 7.10. The predicted octanol–water partition coefficient (Wildman–Crippen LogP) is 2.47. The fourth-order valence-corrected chi connectivity index (χ4v) is 3.50. The van der Waals surface area contributed by atoms with E-state index < -0.39 is 11.5 Å². The third-order valence-electron chi connectivity index (χ3n) is 4.72. The molecule has 0 bridgehead atoms. The monoisotopic (exact) mass is 354 g/mol. The molecule has 3 N–H and O–H groups in total. The summed E-state index contributed by atoms with van der Waals surface area (Å²) in [5.74, 6) is 0.385. The minimum atomic E-state index is -0.997. The molecule has 0 saturated carbocycles. The molecule has 5 nitrogen and oxygen atoms in total. The first-order valence-electron chi connectivity index (χ1n) is 9.01. The van der Waals surface area contributed by atoms with E-state index in [1.54, 1.807) is 0 Å². The lowest BCUT2D eigenvalue weighted by Crippen LogP contribution is -2.49. The summed E-state index contributed by atoms with van der Waals surface area (Å²) in [6, 6.07) is 18.1. The second kappa shape index (κ2) is 8.34. The summed E-state index contributed by atoms with van der Waals surface area (Å²) < 4.78 is 5.81. The van der Waals surface area contributed by atoms with Crippen LogP contribution in [0.15, 0.2) is 54.6 Å². The molecule has 1 unspecified atom stereocenters. The van der Waals surface area contributed by atoms with Crippen molar-refractivity contribution < 1.29 is 14.6 Å². The maximum absolute atomic E-state index is 11.2. The van der Waals surface area contributed by atoms with Gasteiger partial charge in [-0.05, 0) is 42.6 Å². The number of benzene rings is 2. The quantitative estimate of drug-likeness (QED) is 0.801. The normalized spacial score (nSPS) is 20.7. The largest absolute Gasteiger partial charge is 0.489 e. The van der Waals surface area contributed by atoms with E-state index in [1.165, 1.54) is 0 Å². The Kier molecular flexibility index (Phi) is 5.91. The first-order chi connectivity index (χ1) is 12.5. The van der Waals surface area contributed by atoms with Crippen molar-refractivity contribution in [2.24, 2.45) is 5.73 Å². The fraction of sp³-hybridized carbons (Fsp3) is 0.381. The molecule has 1 fully saturated rings. The van der Waals surface area contributed by atoms with E-state index in [0.717, 1.165) is 36.4 Å². The number of ether oxygens (including phenoxy) is 1. The Labute approximate surface area is 154 Å². The molecule has 0 radical (unpaired) electrons. The van der Waals surface area contributed by atoms with Gasteiger partial charge in [0.1, 0.15) is 12.4 Å². The first-order valence-corrected chi connectivity index (χ1v) is 9.01. The van der Waals surface area contributed by atoms with Gasteiger partial charge in [-0.3, -0.25) is 9.69 Å². The molecule has 3 rings (SSSR count). The van der Waals surface area contributed by atoms with Crippen LogP contribution in [0, 0.1) is 0 Å². The third kappa shape index (κ3) is 5.31. The van der Waals surface area contributed by atoms with Gasteiger partial charge in [-0.2, -0.15) is 0 Å². The highest BCUT2D eigenvalue weighted by Gasteiger charge is 2.34. The van der Waals surface area contributed by atoms with E-state index in [1.807, 2.05) is 54.6 Å². The van der Waals surface area contributed by atoms with Crippen molar-refractivity contribution in [2.45, 2.75) is 38.0 Å². The molecule has 2 aromatic carbocycles. The summed E-state index contributed by atoms with van der Waals surface area (Å²) in [7, 11) is 0. The number of carbonyl (C=O) groups excluding carboxylic acids is 1. The van der Waals surface area contributed by atoms with Crippen LogP contribution >= 0.6 is 0 Å². The Hall–Kier alpha value is -2.37. The van der Waals surface area contributed by atoms with Crippen LogP contribution in [0.25, 0.3) is 0 Å². The number of amides is 1. The number of carbonyl (C=O) groups is 1. The van der Waals surface area contributed by atoms with E-state index in [9.17, 15) is 9.90 Å². The Morgan fingerprint density at radius 3 is 2.54 bits per heavy atom. The molecule has 1 heterocycles. The first kappa shape index (κ1) is 18.4. The van der Waals surface area contributed by atoms with Crippen LogP contribution in [-0.2, 0) is 17.9 Å². The standard InChI is InChI=1S/C21H26N2O3/c22-20(24)13-21(25)11-4-12-23(16-21)14-17-7-9-19(10-8-17)26-15-18-5-2-1-3-6-18/h1-3,5-10,25H,4,11-16H2,(H2,22,24). The Bertz CT molecular complexity index is 718. The molecule has 0 aromatic heterocycles. The number of primary amides is 1. The van der Waals surface area contributed by atoms with Gasteiger partial charge in [0.2, 0.25) is 5.91 Å². The highest BCUT2D eigenvalue weighted by Crippen LogP contribution is 2.26. The zero-order valence-corrected chi connectivity index (χ0v) is 14.9. The van der Waals surface area contributed by atoms with Crippen LogP contribution in [0.5, 0.6) is 5.75 Å². The summed E-state index contributed by atoms with van der Waals surface area (Å²) in [5.41, 5.74) is 6.56. The average molecular weight is 354 g/mol. The number of rotatable bonds is 7. The van der Waals surface area contributed by atoms with Crippen molar-refractivity contribution in [2.75, 3.05) is 13.1 Å². The molecule has 1 atom stereocenters. The van der Waals surface area contributed by atoms with Gasteiger partial charge in [-0.25, -0.2) is 0 Å². The maximum Gasteiger partial charge on any atom is 0.220 e. The second-order valence-electron chi connectivity index (χ2n) is 7.10.